The van der Waals surface area contributed by atoms with Crippen LogP contribution >= 0.6 is 0 Å². The van der Waals surface area contributed by atoms with Gasteiger partial charge in [-0.05, 0) is 84.3 Å². The monoisotopic (exact) mass is 504 g/mol. The first kappa shape index (κ1) is 25.3. The van der Waals surface area contributed by atoms with Crippen LogP contribution < -0.4 is 0 Å². The normalized spacial score (nSPS) is 11.3. The molecule has 4 nitrogen and oxygen atoms in total. The van der Waals surface area contributed by atoms with Gasteiger partial charge in [0.1, 0.15) is 22.8 Å². The number of phenols is 1. The Morgan fingerprint density at radius 1 is 0.816 bits per heavy atom. The Bertz CT molecular complexity index is 1570. The van der Waals surface area contributed by atoms with Gasteiger partial charge >= 0.3 is 5.97 Å². The Kier molecular flexibility index (Phi) is 6.81. The van der Waals surface area contributed by atoms with E-state index in [4.69, 9.17) is 9.15 Å². The van der Waals surface area contributed by atoms with Gasteiger partial charge in [0.25, 0.3) is 0 Å². The topological polar surface area (TPSA) is 59.7 Å². The molecule has 4 heteroatoms. The number of carbonyl (C=O) groups is 1. The minimum Gasteiger partial charge on any atom is -0.508 e. The molecule has 38 heavy (non-hydrogen) atoms. The highest BCUT2D eigenvalue weighted by Gasteiger charge is 2.32. The molecule has 0 saturated carbocycles. The van der Waals surface area contributed by atoms with Crippen LogP contribution in [0.2, 0.25) is 0 Å². The van der Waals surface area contributed by atoms with Crippen molar-refractivity contribution in [1.82, 2.24) is 0 Å². The van der Waals surface area contributed by atoms with Crippen LogP contribution in [0.15, 0.2) is 83.3 Å². The summed E-state index contributed by atoms with van der Waals surface area (Å²) in [4.78, 5) is 13.6. The van der Waals surface area contributed by atoms with Crippen LogP contribution in [0.1, 0.15) is 53.7 Å². The molecule has 1 heterocycles. The second-order valence-electron chi connectivity index (χ2n) is 9.99. The second-order valence-corrected chi connectivity index (χ2v) is 9.99. The van der Waals surface area contributed by atoms with E-state index < -0.39 is 5.97 Å². The van der Waals surface area contributed by atoms with E-state index in [9.17, 15) is 9.90 Å². The summed E-state index contributed by atoms with van der Waals surface area (Å²) in [7, 11) is 0. The lowest BCUT2D eigenvalue weighted by atomic mass is 9.92. The van der Waals surface area contributed by atoms with Gasteiger partial charge in [0, 0.05) is 16.7 Å². The summed E-state index contributed by atoms with van der Waals surface area (Å²) < 4.78 is 12.2. The minimum absolute atomic E-state index is 0.162. The Labute approximate surface area is 223 Å². The third kappa shape index (κ3) is 4.47. The van der Waals surface area contributed by atoms with Gasteiger partial charge in [0.15, 0.2) is 0 Å². The van der Waals surface area contributed by atoms with Crippen molar-refractivity contribution < 1.29 is 19.1 Å². The van der Waals surface area contributed by atoms with E-state index in [1.54, 1.807) is 19.1 Å². The number of aryl methyl sites for hydroxylation is 2. The summed E-state index contributed by atoms with van der Waals surface area (Å²) in [6.45, 7) is 10.7. The highest BCUT2D eigenvalue weighted by atomic mass is 16.5. The van der Waals surface area contributed by atoms with Crippen LogP contribution in [0.5, 0.6) is 5.75 Å². The van der Waals surface area contributed by atoms with Crippen molar-refractivity contribution in [3.8, 4) is 50.7 Å². The van der Waals surface area contributed by atoms with Crippen molar-refractivity contribution in [2.75, 3.05) is 6.61 Å². The Hall–Kier alpha value is -4.31. The predicted octanol–water partition coefficient (Wildman–Crippen LogP) is 9.01. The van der Waals surface area contributed by atoms with Crippen molar-refractivity contribution >= 4 is 5.97 Å². The lowest BCUT2D eigenvalue weighted by Crippen LogP contribution is -2.06. The number of hydrogen-bond acceptors (Lipinski definition) is 4. The first-order chi connectivity index (χ1) is 18.3. The molecule has 0 aliphatic heterocycles. The van der Waals surface area contributed by atoms with E-state index in [1.165, 1.54) is 5.56 Å². The van der Waals surface area contributed by atoms with Crippen molar-refractivity contribution in [3.05, 3.63) is 101 Å². The zero-order chi connectivity index (χ0) is 27.0. The third-order valence-corrected chi connectivity index (χ3v) is 7.04. The number of fused-ring (bicyclic) bond motifs is 1. The number of aromatic hydroxyl groups is 1. The highest BCUT2D eigenvalue weighted by molar-refractivity contribution is 6.09. The molecule has 0 unspecified atom stereocenters. The maximum Gasteiger partial charge on any atom is 0.342 e. The van der Waals surface area contributed by atoms with Gasteiger partial charge in [-0.25, -0.2) is 4.79 Å². The first-order valence-corrected chi connectivity index (χ1v) is 13.0. The van der Waals surface area contributed by atoms with Crippen molar-refractivity contribution in [2.45, 2.75) is 40.5 Å². The molecule has 2 aliphatic carbocycles. The molecule has 0 bridgehead atoms. The van der Waals surface area contributed by atoms with Crippen molar-refractivity contribution in [3.63, 3.8) is 0 Å². The molecule has 0 fully saturated rings. The molecule has 0 amide bonds. The average Bonchev–Trinajstić information content (AvgIpc) is 3.39. The molecule has 2 aliphatic rings. The molecule has 1 N–H and O–H groups in total. The number of rotatable bonds is 6. The molecular formula is C34H32O4. The smallest absolute Gasteiger partial charge is 0.342 e. The fourth-order valence-corrected chi connectivity index (χ4v) is 5.09. The largest absolute Gasteiger partial charge is 0.508 e. The van der Waals surface area contributed by atoms with Gasteiger partial charge in [-0.2, -0.15) is 0 Å². The number of phenolic OH excluding ortho intramolecular Hbond substituents is 1. The summed E-state index contributed by atoms with van der Waals surface area (Å²) >= 11 is 0. The zero-order valence-electron chi connectivity index (χ0n) is 22.5. The van der Waals surface area contributed by atoms with Crippen LogP contribution in [0.4, 0.5) is 0 Å². The van der Waals surface area contributed by atoms with E-state index in [1.807, 2.05) is 42.5 Å². The Balaban J connectivity index is 1.90. The SMILES string of the molecule is CCOC(=O)c1c(-c2ccccc2)oc(-c2ccc(O)cc2)c1-c1cc(C)c2cc(C(C)C)ccc(C)c1-2. The molecule has 5 rings (SSSR count). The van der Waals surface area contributed by atoms with E-state index in [0.29, 0.717) is 28.6 Å². The Morgan fingerprint density at radius 2 is 1.50 bits per heavy atom. The zero-order valence-corrected chi connectivity index (χ0v) is 22.5. The molecule has 3 aromatic rings. The minimum atomic E-state index is -0.428. The lowest BCUT2D eigenvalue weighted by Gasteiger charge is -2.10. The van der Waals surface area contributed by atoms with Crippen LogP contribution in [0, 0.1) is 13.8 Å². The molecule has 192 valence electrons. The quantitative estimate of drug-likeness (QED) is 0.234. The summed E-state index contributed by atoms with van der Waals surface area (Å²) in [6.07, 6.45) is 0. The van der Waals surface area contributed by atoms with E-state index in [2.05, 4.69) is 52.0 Å². The highest BCUT2D eigenvalue weighted by Crippen LogP contribution is 2.49. The maximum absolute atomic E-state index is 13.6. The fourth-order valence-electron chi connectivity index (χ4n) is 5.09. The standard InChI is InChI=1S/C34H32O4/c1-6-37-34(36)31-30(28-18-22(5)27-19-25(20(2)3)13-12-21(4)29(27)28)32(24-14-16-26(35)17-15-24)38-33(31)23-10-8-7-9-11-23/h7-20,35H,6H2,1-5H3. The van der Waals surface area contributed by atoms with Crippen LogP contribution in [-0.2, 0) is 4.74 Å². The van der Waals surface area contributed by atoms with E-state index in [0.717, 1.165) is 38.9 Å². The van der Waals surface area contributed by atoms with Gasteiger partial charge < -0.3 is 14.3 Å². The van der Waals surface area contributed by atoms with Crippen molar-refractivity contribution in [2.24, 2.45) is 0 Å². The molecular weight excluding hydrogens is 472 g/mol. The summed E-state index contributed by atoms with van der Waals surface area (Å²) in [6, 6.07) is 25.3. The summed E-state index contributed by atoms with van der Waals surface area (Å²) in [5, 5.41) is 9.96. The van der Waals surface area contributed by atoms with E-state index in [-0.39, 0.29) is 12.4 Å². The third-order valence-electron chi connectivity index (χ3n) is 7.04. The summed E-state index contributed by atoms with van der Waals surface area (Å²) in [5.74, 6) is 1.14. The molecule has 1 aromatic heterocycles. The first-order valence-electron chi connectivity index (χ1n) is 13.0. The molecule has 0 spiro atoms. The number of carbonyl (C=O) groups excluding carboxylic acids is 1. The van der Waals surface area contributed by atoms with Gasteiger partial charge in [0.2, 0.25) is 0 Å². The second kappa shape index (κ2) is 10.2. The van der Waals surface area contributed by atoms with Gasteiger partial charge in [-0.1, -0.05) is 68.4 Å². The molecule has 0 atom stereocenters. The average molecular weight is 505 g/mol. The number of furan rings is 1. The molecule has 0 radical (unpaired) electrons. The lowest BCUT2D eigenvalue weighted by molar-refractivity contribution is 0.0527. The molecule has 2 aromatic carbocycles. The van der Waals surface area contributed by atoms with Gasteiger partial charge in [0.05, 0.1) is 6.61 Å². The summed E-state index contributed by atoms with van der Waals surface area (Å²) in [5.41, 5.74) is 9.32. The van der Waals surface area contributed by atoms with Crippen molar-refractivity contribution in [1.29, 1.82) is 0 Å². The fraction of sp³-hybridized carbons (Fsp3) is 0.206. The maximum atomic E-state index is 13.6. The number of esters is 1. The number of hydrogen-bond donors (Lipinski definition) is 1. The van der Waals surface area contributed by atoms with Gasteiger partial charge in [-0.15, -0.1) is 0 Å². The number of ether oxygens (including phenoxy) is 1. The van der Waals surface area contributed by atoms with E-state index >= 15 is 0 Å². The van der Waals surface area contributed by atoms with Crippen LogP contribution in [0.3, 0.4) is 0 Å². The van der Waals surface area contributed by atoms with Gasteiger partial charge in [-0.3, -0.25) is 0 Å². The predicted molar refractivity (Wildman–Crippen MR) is 153 cm³/mol. The van der Waals surface area contributed by atoms with Crippen LogP contribution in [-0.4, -0.2) is 17.7 Å². The molecule has 0 saturated heterocycles. The Morgan fingerprint density at radius 3 is 2.16 bits per heavy atom. The number of benzene rings is 2. The van der Waals surface area contributed by atoms with Crippen LogP contribution in [0.25, 0.3) is 44.9 Å².